The van der Waals surface area contributed by atoms with Gasteiger partial charge in [0.15, 0.2) is 28.5 Å². The summed E-state index contributed by atoms with van der Waals surface area (Å²) in [5.41, 5.74) is 2.95. The molecule has 0 aliphatic carbocycles. The van der Waals surface area contributed by atoms with Gasteiger partial charge in [0.1, 0.15) is 12.2 Å². The van der Waals surface area contributed by atoms with Gasteiger partial charge in [-0.25, -0.2) is 15.0 Å². The highest BCUT2D eigenvalue weighted by molar-refractivity contribution is 5.84. The summed E-state index contributed by atoms with van der Waals surface area (Å²) in [5, 5.41) is 3.12. The first-order chi connectivity index (χ1) is 17.2. The van der Waals surface area contributed by atoms with Crippen LogP contribution >= 0.6 is 0 Å². The second kappa shape index (κ2) is 10.5. The molecule has 1 fully saturated rings. The zero-order chi connectivity index (χ0) is 24.2. The first-order valence-corrected chi connectivity index (χ1v) is 12.6. The highest BCUT2D eigenvalue weighted by Crippen LogP contribution is 2.30. The van der Waals surface area contributed by atoms with Crippen molar-refractivity contribution in [2.24, 2.45) is 5.92 Å². The number of aryl methyl sites for hydroxylation is 2. The summed E-state index contributed by atoms with van der Waals surface area (Å²) < 4.78 is 12.9. The molecular formula is C26H34N6O3. The number of nitrogens with zero attached hydrogens (tertiary/aromatic N) is 5. The van der Waals surface area contributed by atoms with Gasteiger partial charge in [0.05, 0.1) is 14.2 Å². The number of hydrogen-bond acceptors (Lipinski definition) is 7. The highest BCUT2D eigenvalue weighted by Gasteiger charge is 2.28. The number of carbonyl (C=O) groups excluding carboxylic acids is 1. The van der Waals surface area contributed by atoms with Crippen molar-refractivity contribution >= 4 is 22.9 Å². The normalized spacial score (nSPS) is 16.6. The smallest absolute Gasteiger partial charge is 0.223 e. The van der Waals surface area contributed by atoms with Crippen LogP contribution in [0, 0.1) is 5.92 Å². The zero-order valence-electron chi connectivity index (χ0n) is 20.6. The Labute approximate surface area is 205 Å². The summed E-state index contributed by atoms with van der Waals surface area (Å²) in [6, 6.07) is 5.86. The van der Waals surface area contributed by atoms with E-state index in [1.807, 2.05) is 18.2 Å². The van der Waals surface area contributed by atoms with Crippen LogP contribution in [0.4, 0.5) is 5.82 Å². The molecule has 0 saturated carbocycles. The molecular weight excluding hydrogens is 444 g/mol. The van der Waals surface area contributed by atoms with Gasteiger partial charge in [0.2, 0.25) is 5.91 Å². The predicted octanol–water partition coefficient (Wildman–Crippen LogP) is 3.15. The van der Waals surface area contributed by atoms with Crippen LogP contribution in [0.5, 0.6) is 11.5 Å². The SMILES string of the molecule is COc1ccc(CCNC(=O)C2CCN(c3ncnc4c3nc3n4CCCCC3)CC2)cc1OC. The van der Waals surface area contributed by atoms with E-state index < -0.39 is 0 Å². The number of fused-ring (bicyclic) bond motifs is 3. The quantitative estimate of drug-likeness (QED) is 0.557. The Bertz CT molecular complexity index is 1190. The average Bonchev–Trinajstić information content (AvgIpc) is 3.09. The van der Waals surface area contributed by atoms with Crippen LogP contribution in [0.15, 0.2) is 24.5 Å². The molecule has 35 heavy (non-hydrogen) atoms. The fourth-order valence-electron chi connectivity index (χ4n) is 5.22. The van der Waals surface area contributed by atoms with Crippen molar-refractivity contribution in [3.05, 3.63) is 35.9 Å². The van der Waals surface area contributed by atoms with Gasteiger partial charge in [-0.2, -0.15) is 0 Å². The lowest BCUT2D eigenvalue weighted by Crippen LogP contribution is -2.41. The molecule has 9 heteroatoms. The lowest BCUT2D eigenvalue weighted by Gasteiger charge is -2.32. The lowest BCUT2D eigenvalue weighted by molar-refractivity contribution is -0.125. The van der Waals surface area contributed by atoms with Crippen molar-refractivity contribution in [2.45, 2.75) is 51.5 Å². The lowest BCUT2D eigenvalue weighted by atomic mass is 9.95. The number of carbonyl (C=O) groups is 1. The number of amides is 1. The summed E-state index contributed by atoms with van der Waals surface area (Å²) in [5.74, 6) is 3.60. The summed E-state index contributed by atoms with van der Waals surface area (Å²) >= 11 is 0. The third-order valence-electron chi connectivity index (χ3n) is 7.20. The molecule has 1 aromatic carbocycles. The van der Waals surface area contributed by atoms with E-state index in [-0.39, 0.29) is 11.8 Å². The zero-order valence-corrected chi connectivity index (χ0v) is 20.6. The Morgan fingerprint density at radius 3 is 2.69 bits per heavy atom. The minimum absolute atomic E-state index is 0.0210. The first-order valence-electron chi connectivity index (χ1n) is 12.6. The molecule has 5 rings (SSSR count). The maximum atomic E-state index is 12.8. The van der Waals surface area contributed by atoms with Gasteiger partial charge in [-0.15, -0.1) is 0 Å². The van der Waals surface area contributed by atoms with Crippen LogP contribution < -0.4 is 19.7 Å². The number of methoxy groups -OCH3 is 2. The fraction of sp³-hybridized carbons (Fsp3) is 0.538. The van der Waals surface area contributed by atoms with E-state index in [0.29, 0.717) is 18.0 Å². The summed E-state index contributed by atoms with van der Waals surface area (Å²) in [6.45, 7) is 3.17. The average molecular weight is 479 g/mol. The third-order valence-corrected chi connectivity index (χ3v) is 7.20. The van der Waals surface area contributed by atoms with Gasteiger partial charge in [-0.3, -0.25) is 4.79 Å². The number of nitrogens with one attached hydrogen (secondary N) is 1. The van der Waals surface area contributed by atoms with E-state index in [9.17, 15) is 4.79 Å². The van der Waals surface area contributed by atoms with E-state index in [4.69, 9.17) is 14.5 Å². The molecule has 0 spiro atoms. The van der Waals surface area contributed by atoms with E-state index in [1.165, 1.54) is 19.3 Å². The van der Waals surface area contributed by atoms with Crippen LogP contribution in [0.2, 0.25) is 0 Å². The molecule has 0 atom stereocenters. The Morgan fingerprint density at radius 1 is 1.06 bits per heavy atom. The largest absolute Gasteiger partial charge is 0.493 e. The fourth-order valence-corrected chi connectivity index (χ4v) is 5.22. The molecule has 1 amide bonds. The van der Waals surface area contributed by atoms with Crippen LogP contribution in [-0.4, -0.2) is 59.3 Å². The standard InChI is InChI=1S/C26H34N6O3/c1-34-20-8-7-18(16-21(20)35-2)9-12-27-26(33)19-10-14-31(15-11-19)24-23-25(29-17-28-24)32-13-5-3-4-6-22(32)30-23/h7-8,16-17,19H,3-6,9-15H2,1-2H3,(H,27,33). The maximum Gasteiger partial charge on any atom is 0.223 e. The Kier molecular flexibility index (Phi) is 7.01. The number of hydrogen-bond donors (Lipinski definition) is 1. The third kappa shape index (κ3) is 4.90. The van der Waals surface area contributed by atoms with Crippen LogP contribution in [0.25, 0.3) is 11.2 Å². The van der Waals surface area contributed by atoms with Gasteiger partial charge < -0.3 is 24.3 Å². The van der Waals surface area contributed by atoms with E-state index in [1.54, 1.807) is 20.5 Å². The maximum absolute atomic E-state index is 12.8. The molecule has 0 bridgehead atoms. The predicted molar refractivity (Wildman–Crippen MR) is 134 cm³/mol. The summed E-state index contributed by atoms with van der Waals surface area (Å²) in [4.78, 5) is 29.2. The Balaban J connectivity index is 1.16. The molecule has 186 valence electrons. The second-order valence-electron chi connectivity index (χ2n) is 9.35. The van der Waals surface area contributed by atoms with E-state index in [2.05, 4.69) is 24.8 Å². The number of benzene rings is 1. The molecule has 4 heterocycles. The topological polar surface area (TPSA) is 94.4 Å². The molecule has 0 unspecified atom stereocenters. The van der Waals surface area contributed by atoms with E-state index >= 15 is 0 Å². The molecule has 1 N–H and O–H groups in total. The number of anilines is 1. The molecule has 2 aliphatic rings. The minimum Gasteiger partial charge on any atom is -0.493 e. The van der Waals surface area contributed by atoms with Crippen molar-refractivity contribution in [1.29, 1.82) is 0 Å². The van der Waals surface area contributed by atoms with Crippen LogP contribution in [-0.2, 0) is 24.2 Å². The van der Waals surface area contributed by atoms with Gasteiger partial charge >= 0.3 is 0 Å². The van der Waals surface area contributed by atoms with Crippen LogP contribution in [0.1, 0.15) is 43.5 Å². The first kappa shape index (κ1) is 23.4. The highest BCUT2D eigenvalue weighted by atomic mass is 16.5. The number of piperidine rings is 1. The number of rotatable bonds is 7. The molecule has 2 aromatic heterocycles. The van der Waals surface area contributed by atoms with Crippen molar-refractivity contribution in [3.8, 4) is 11.5 Å². The molecule has 0 radical (unpaired) electrons. The monoisotopic (exact) mass is 478 g/mol. The second-order valence-corrected chi connectivity index (χ2v) is 9.35. The van der Waals surface area contributed by atoms with Crippen molar-refractivity contribution in [3.63, 3.8) is 0 Å². The number of imidazole rings is 1. The number of aromatic nitrogens is 4. The van der Waals surface area contributed by atoms with Crippen LogP contribution in [0.3, 0.4) is 0 Å². The molecule has 9 nitrogen and oxygen atoms in total. The molecule has 2 aliphatic heterocycles. The van der Waals surface area contributed by atoms with Crippen molar-refractivity contribution in [1.82, 2.24) is 24.8 Å². The Morgan fingerprint density at radius 2 is 1.89 bits per heavy atom. The van der Waals surface area contributed by atoms with Crippen molar-refractivity contribution in [2.75, 3.05) is 38.8 Å². The van der Waals surface area contributed by atoms with Gasteiger partial charge in [0, 0.05) is 38.5 Å². The van der Waals surface area contributed by atoms with Crippen molar-refractivity contribution < 1.29 is 14.3 Å². The summed E-state index contributed by atoms with van der Waals surface area (Å²) in [6.07, 6.45) is 8.61. The molecule has 1 saturated heterocycles. The van der Waals surface area contributed by atoms with Gasteiger partial charge in [0.25, 0.3) is 0 Å². The molecule has 3 aromatic rings. The van der Waals surface area contributed by atoms with Gasteiger partial charge in [-0.1, -0.05) is 12.5 Å². The minimum atomic E-state index is 0.0210. The number of ether oxygens (including phenoxy) is 2. The van der Waals surface area contributed by atoms with E-state index in [0.717, 1.165) is 73.7 Å². The summed E-state index contributed by atoms with van der Waals surface area (Å²) in [7, 11) is 3.25. The van der Waals surface area contributed by atoms with Gasteiger partial charge in [-0.05, 0) is 49.8 Å². The Hall–Kier alpha value is -3.36.